The Morgan fingerprint density at radius 3 is 2.71 bits per heavy atom. The van der Waals surface area contributed by atoms with Crippen molar-refractivity contribution in [3.8, 4) is 0 Å². The third kappa shape index (κ3) is 4.78. The molecule has 2 N–H and O–H groups in total. The highest BCUT2D eigenvalue weighted by atomic mass is 19.1. The smallest absolute Gasteiger partial charge is 0.234 e. The number of carbonyl (C=O) groups excluding carboxylic acids is 1. The maximum absolute atomic E-state index is 12.7. The van der Waals surface area contributed by atoms with Crippen LogP contribution in [-0.2, 0) is 4.79 Å². The number of amides is 1. The van der Waals surface area contributed by atoms with E-state index >= 15 is 0 Å². The number of hydrogen-bond donors (Lipinski definition) is 2. The molecule has 0 aliphatic heterocycles. The third-order valence-corrected chi connectivity index (χ3v) is 2.32. The van der Waals surface area contributed by atoms with Gasteiger partial charge in [-0.15, -0.1) is 6.58 Å². The second-order valence-corrected chi connectivity index (χ2v) is 3.76. The molecule has 0 aliphatic rings. The molecule has 0 fully saturated rings. The maximum Gasteiger partial charge on any atom is 0.234 e. The van der Waals surface area contributed by atoms with Crippen LogP contribution in [-0.4, -0.2) is 19.0 Å². The molecule has 92 valence electrons. The van der Waals surface area contributed by atoms with Crippen molar-refractivity contribution in [2.75, 3.05) is 13.1 Å². The van der Waals surface area contributed by atoms with E-state index < -0.39 is 0 Å². The molecule has 0 aliphatic carbocycles. The van der Waals surface area contributed by atoms with Gasteiger partial charge in [0, 0.05) is 6.54 Å². The van der Waals surface area contributed by atoms with E-state index in [1.54, 1.807) is 18.2 Å². The number of nitrogens with one attached hydrogen (secondary N) is 2. The Morgan fingerprint density at radius 2 is 2.12 bits per heavy atom. The lowest BCUT2D eigenvalue weighted by Crippen LogP contribution is -2.35. The van der Waals surface area contributed by atoms with E-state index in [-0.39, 0.29) is 24.3 Å². The van der Waals surface area contributed by atoms with Crippen molar-refractivity contribution in [1.29, 1.82) is 0 Å². The van der Waals surface area contributed by atoms with Gasteiger partial charge in [-0.3, -0.25) is 4.79 Å². The molecule has 0 saturated carbocycles. The lowest BCUT2D eigenvalue weighted by Gasteiger charge is -2.14. The van der Waals surface area contributed by atoms with Gasteiger partial charge in [-0.1, -0.05) is 18.2 Å². The van der Waals surface area contributed by atoms with Crippen LogP contribution in [0, 0.1) is 5.82 Å². The molecule has 0 bridgehead atoms. The van der Waals surface area contributed by atoms with Crippen LogP contribution in [0.25, 0.3) is 0 Å². The Labute approximate surface area is 101 Å². The molecular weight excluding hydrogens is 219 g/mol. The first-order valence-electron chi connectivity index (χ1n) is 5.50. The second kappa shape index (κ2) is 6.81. The van der Waals surface area contributed by atoms with Crippen molar-refractivity contribution >= 4 is 5.91 Å². The Morgan fingerprint density at radius 1 is 1.47 bits per heavy atom. The zero-order valence-electron chi connectivity index (χ0n) is 9.87. The number of benzene rings is 1. The van der Waals surface area contributed by atoms with Gasteiger partial charge in [-0.25, -0.2) is 4.39 Å². The van der Waals surface area contributed by atoms with Gasteiger partial charge < -0.3 is 10.6 Å². The molecule has 0 unspecified atom stereocenters. The molecule has 17 heavy (non-hydrogen) atoms. The van der Waals surface area contributed by atoms with Crippen LogP contribution < -0.4 is 10.6 Å². The Bertz CT molecular complexity index is 376. The lowest BCUT2D eigenvalue weighted by atomic mass is 10.1. The second-order valence-electron chi connectivity index (χ2n) is 3.76. The molecule has 1 aromatic rings. The van der Waals surface area contributed by atoms with E-state index in [4.69, 9.17) is 0 Å². The summed E-state index contributed by atoms with van der Waals surface area (Å²) in [4.78, 5) is 11.5. The number of hydrogen-bond acceptors (Lipinski definition) is 2. The molecule has 1 rings (SSSR count). The molecule has 3 nitrogen and oxygen atoms in total. The van der Waals surface area contributed by atoms with Crippen LogP contribution in [0.15, 0.2) is 36.9 Å². The largest absolute Gasteiger partial charge is 0.348 e. The summed E-state index contributed by atoms with van der Waals surface area (Å²) in [6.45, 7) is 6.25. The van der Waals surface area contributed by atoms with E-state index in [9.17, 15) is 9.18 Å². The van der Waals surface area contributed by atoms with Gasteiger partial charge in [-0.2, -0.15) is 0 Å². The average Bonchev–Trinajstić information content (AvgIpc) is 2.30. The van der Waals surface area contributed by atoms with Crippen LogP contribution in [0.2, 0.25) is 0 Å². The first-order chi connectivity index (χ1) is 8.13. The number of rotatable bonds is 6. The van der Waals surface area contributed by atoms with Gasteiger partial charge >= 0.3 is 0 Å². The van der Waals surface area contributed by atoms with Crippen molar-refractivity contribution in [3.05, 3.63) is 48.3 Å². The standard InChI is InChI=1S/C13H17FN2O/c1-3-8-15-9-13(17)16-10(2)11-4-6-12(14)7-5-11/h3-7,10,15H,1,8-9H2,2H3,(H,16,17)/t10-/m1/s1. The van der Waals surface area contributed by atoms with Crippen molar-refractivity contribution in [1.82, 2.24) is 10.6 Å². The summed E-state index contributed by atoms with van der Waals surface area (Å²) in [5.41, 5.74) is 0.878. The Hall–Kier alpha value is -1.68. The van der Waals surface area contributed by atoms with E-state index in [0.717, 1.165) is 5.56 Å². The van der Waals surface area contributed by atoms with E-state index in [2.05, 4.69) is 17.2 Å². The molecule has 0 saturated heterocycles. The summed E-state index contributed by atoms with van der Waals surface area (Å²) in [5, 5.41) is 5.73. The van der Waals surface area contributed by atoms with Crippen LogP contribution in [0.3, 0.4) is 0 Å². The minimum absolute atomic E-state index is 0.0938. The fourth-order valence-electron chi connectivity index (χ4n) is 1.42. The first kappa shape index (κ1) is 13.4. The van der Waals surface area contributed by atoms with Crippen molar-refractivity contribution in [2.24, 2.45) is 0 Å². The highest BCUT2D eigenvalue weighted by molar-refractivity contribution is 5.78. The quantitative estimate of drug-likeness (QED) is 0.584. The third-order valence-electron chi connectivity index (χ3n) is 2.32. The summed E-state index contributed by atoms with van der Waals surface area (Å²) >= 11 is 0. The van der Waals surface area contributed by atoms with Gasteiger partial charge in [0.15, 0.2) is 0 Å². The van der Waals surface area contributed by atoms with Crippen LogP contribution in [0.5, 0.6) is 0 Å². The van der Waals surface area contributed by atoms with Crippen LogP contribution in [0.1, 0.15) is 18.5 Å². The molecule has 4 heteroatoms. The van der Waals surface area contributed by atoms with E-state index in [1.165, 1.54) is 12.1 Å². The lowest BCUT2D eigenvalue weighted by molar-refractivity contribution is -0.120. The zero-order valence-corrected chi connectivity index (χ0v) is 9.87. The van der Waals surface area contributed by atoms with Gasteiger partial charge in [0.2, 0.25) is 5.91 Å². The highest BCUT2D eigenvalue weighted by Gasteiger charge is 2.08. The zero-order chi connectivity index (χ0) is 12.7. The first-order valence-corrected chi connectivity index (χ1v) is 5.50. The molecule has 1 atom stereocenters. The van der Waals surface area contributed by atoms with E-state index in [1.807, 2.05) is 6.92 Å². The SMILES string of the molecule is C=CCNCC(=O)N[C@H](C)c1ccc(F)cc1. The van der Waals surface area contributed by atoms with Crippen molar-refractivity contribution < 1.29 is 9.18 Å². The molecule has 0 heterocycles. The normalized spacial score (nSPS) is 11.9. The summed E-state index contributed by atoms with van der Waals surface area (Å²) in [6, 6.07) is 5.96. The number of halogens is 1. The van der Waals surface area contributed by atoms with Crippen molar-refractivity contribution in [3.63, 3.8) is 0 Å². The minimum atomic E-state index is -0.278. The maximum atomic E-state index is 12.7. The highest BCUT2D eigenvalue weighted by Crippen LogP contribution is 2.12. The van der Waals surface area contributed by atoms with Gasteiger partial charge in [-0.05, 0) is 24.6 Å². The summed E-state index contributed by atoms with van der Waals surface area (Å²) < 4.78 is 12.7. The molecule has 1 aromatic carbocycles. The van der Waals surface area contributed by atoms with Gasteiger partial charge in [0.1, 0.15) is 5.82 Å². The van der Waals surface area contributed by atoms with Gasteiger partial charge in [0.25, 0.3) is 0 Å². The fourth-order valence-corrected chi connectivity index (χ4v) is 1.42. The Balaban J connectivity index is 2.42. The Kier molecular flexibility index (Phi) is 5.36. The average molecular weight is 236 g/mol. The van der Waals surface area contributed by atoms with Crippen LogP contribution in [0.4, 0.5) is 4.39 Å². The fraction of sp³-hybridized carbons (Fsp3) is 0.308. The number of carbonyl (C=O) groups is 1. The monoisotopic (exact) mass is 236 g/mol. The summed E-state index contributed by atoms with van der Waals surface area (Å²) in [6.07, 6.45) is 1.69. The predicted octanol–water partition coefficient (Wildman–Crippen LogP) is 1.78. The van der Waals surface area contributed by atoms with Crippen molar-refractivity contribution in [2.45, 2.75) is 13.0 Å². The van der Waals surface area contributed by atoms with Crippen LogP contribution >= 0.6 is 0 Å². The minimum Gasteiger partial charge on any atom is -0.348 e. The summed E-state index contributed by atoms with van der Waals surface area (Å²) in [7, 11) is 0. The molecule has 0 spiro atoms. The molecule has 1 amide bonds. The predicted molar refractivity (Wildman–Crippen MR) is 66.0 cm³/mol. The molecular formula is C13H17FN2O. The molecule has 0 aromatic heterocycles. The topological polar surface area (TPSA) is 41.1 Å². The molecule has 0 radical (unpaired) electrons. The summed E-state index contributed by atoms with van der Waals surface area (Å²) in [5.74, 6) is -0.372. The van der Waals surface area contributed by atoms with E-state index in [0.29, 0.717) is 6.54 Å². The van der Waals surface area contributed by atoms with Gasteiger partial charge in [0.05, 0.1) is 12.6 Å².